The van der Waals surface area contributed by atoms with Crippen LogP contribution >= 0.6 is 11.8 Å². The maximum Gasteiger partial charge on any atom is 0.165 e. The van der Waals surface area contributed by atoms with Crippen LogP contribution in [-0.4, -0.2) is 28.8 Å². The maximum atomic E-state index is 4.14. The van der Waals surface area contributed by atoms with Gasteiger partial charge in [-0.1, -0.05) is 11.8 Å². The van der Waals surface area contributed by atoms with E-state index in [4.69, 9.17) is 0 Å². The number of hydrogen-bond acceptors (Lipinski definition) is 3. The molecule has 0 aliphatic heterocycles. The van der Waals surface area contributed by atoms with E-state index in [2.05, 4.69) is 22.2 Å². The summed E-state index contributed by atoms with van der Waals surface area (Å²) in [4.78, 5) is 7.22. The predicted octanol–water partition coefficient (Wildman–Crippen LogP) is 1.89. The van der Waals surface area contributed by atoms with E-state index < -0.39 is 0 Å². The van der Waals surface area contributed by atoms with Crippen LogP contribution in [0.1, 0.15) is 19.8 Å². The number of nitrogens with one attached hydrogen (secondary N) is 2. The van der Waals surface area contributed by atoms with E-state index >= 15 is 0 Å². The number of aromatic nitrogens is 2. The van der Waals surface area contributed by atoms with Crippen LogP contribution in [0.5, 0.6) is 0 Å². The maximum absolute atomic E-state index is 4.14. The lowest BCUT2D eigenvalue weighted by atomic mass is 10.2. The largest absolute Gasteiger partial charge is 0.340 e. The molecule has 1 aromatic rings. The minimum absolute atomic E-state index is 0.622. The van der Waals surface area contributed by atoms with Gasteiger partial charge in [-0.3, -0.25) is 0 Å². The molecule has 0 radical (unpaired) electrons. The zero-order valence-electron chi connectivity index (χ0n) is 8.21. The highest BCUT2D eigenvalue weighted by atomic mass is 32.2. The summed E-state index contributed by atoms with van der Waals surface area (Å²) in [5.41, 5.74) is 0. The van der Waals surface area contributed by atoms with E-state index in [0.29, 0.717) is 6.04 Å². The molecule has 0 fully saturated rings. The first kappa shape index (κ1) is 10.6. The van der Waals surface area contributed by atoms with Crippen molar-refractivity contribution in [2.24, 2.45) is 0 Å². The van der Waals surface area contributed by atoms with Crippen molar-refractivity contribution in [3.63, 3.8) is 0 Å². The van der Waals surface area contributed by atoms with E-state index in [9.17, 15) is 0 Å². The zero-order chi connectivity index (χ0) is 9.52. The molecule has 1 atom stereocenters. The predicted molar refractivity (Wildman–Crippen MR) is 57.1 cm³/mol. The summed E-state index contributed by atoms with van der Waals surface area (Å²) >= 11 is 1.79. The van der Waals surface area contributed by atoms with Gasteiger partial charge in [-0.05, 0) is 26.8 Å². The van der Waals surface area contributed by atoms with Crippen molar-refractivity contribution in [3.05, 3.63) is 12.4 Å². The first-order valence-corrected chi connectivity index (χ1v) is 5.61. The molecule has 0 aliphatic rings. The Hall–Kier alpha value is -0.480. The molecule has 0 amide bonds. The second-order valence-corrected chi connectivity index (χ2v) is 4.16. The summed E-state index contributed by atoms with van der Waals surface area (Å²) in [7, 11) is 2.00. The van der Waals surface area contributed by atoms with Crippen LogP contribution in [0.25, 0.3) is 0 Å². The average molecular weight is 199 g/mol. The number of rotatable bonds is 6. The fraction of sp³-hybridized carbons (Fsp3) is 0.667. The third-order valence-electron chi connectivity index (χ3n) is 1.99. The van der Waals surface area contributed by atoms with Gasteiger partial charge in [0, 0.05) is 24.2 Å². The first-order chi connectivity index (χ1) is 6.33. The van der Waals surface area contributed by atoms with E-state index in [-0.39, 0.29) is 0 Å². The molecule has 4 heteroatoms. The van der Waals surface area contributed by atoms with Crippen LogP contribution in [0, 0.1) is 0 Å². The van der Waals surface area contributed by atoms with Gasteiger partial charge in [0.1, 0.15) is 0 Å². The van der Waals surface area contributed by atoms with Crippen molar-refractivity contribution in [2.75, 3.05) is 12.8 Å². The van der Waals surface area contributed by atoms with Gasteiger partial charge in [0.25, 0.3) is 0 Å². The summed E-state index contributed by atoms with van der Waals surface area (Å²) in [6.45, 7) is 2.21. The van der Waals surface area contributed by atoms with Crippen LogP contribution in [0.3, 0.4) is 0 Å². The normalized spacial score (nSPS) is 13.1. The van der Waals surface area contributed by atoms with Gasteiger partial charge in [-0.2, -0.15) is 0 Å². The number of nitrogens with zero attached hydrogens (tertiary/aromatic N) is 1. The zero-order valence-corrected chi connectivity index (χ0v) is 9.03. The van der Waals surface area contributed by atoms with Crippen molar-refractivity contribution < 1.29 is 0 Å². The van der Waals surface area contributed by atoms with Gasteiger partial charge < -0.3 is 10.3 Å². The van der Waals surface area contributed by atoms with Gasteiger partial charge in [0.05, 0.1) is 0 Å². The van der Waals surface area contributed by atoms with E-state index in [0.717, 1.165) is 10.9 Å². The van der Waals surface area contributed by atoms with Gasteiger partial charge in [-0.25, -0.2) is 4.98 Å². The second kappa shape index (κ2) is 6.05. The minimum Gasteiger partial charge on any atom is -0.340 e. The molecule has 0 saturated carbocycles. The summed E-state index contributed by atoms with van der Waals surface area (Å²) in [5.74, 6) is 1.14. The highest BCUT2D eigenvalue weighted by molar-refractivity contribution is 7.99. The Morgan fingerprint density at radius 1 is 1.69 bits per heavy atom. The molecule has 1 unspecified atom stereocenters. The lowest BCUT2D eigenvalue weighted by Crippen LogP contribution is -2.20. The minimum atomic E-state index is 0.622. The summed E-state index contributed by atoms with van der Waals surface area (Å²) in [5, 5.41) is 4.25. The Morgan fingerprint density at radius 3 is 3.15 bits per heavy atom. The number of imidazole rings is 1. The third-order valence-corrected chi connectivity index (χ3v) is 2.98. The number of H-pyrrole nitrogens is 1. The summed E-state index contributed by atoms with van der Waals surface area (Å²) in [6.07, 6.45) is 6.11. The number of thioether (sulfide) groups is 1. The lowest BCUT2D eigenvalue weighted by Gasteiger charge is -2.08. The molecule has 1 aromatic heterocycles. The molecule has 3 nitrogen and oxygen atoms in total. The van der Waals surface area contributed by atoms with Crippen LogP contribution in [0.2, 0.25) is 0 Å². The molecule has 0 spiro atoms. The van der Waals surface area contributed by atoms with Crippen molar-refractivity contribution in [3.8, 4) is 0 Å². The van der Waals surface area contributed by atoms with Crippen molar-refractivity contribution in [1.29, 1.82) is 0 Å². The van der Waals surface area contributed by atoms with E-state index in [1.165, 1.54) is 12.8 Å². The monoisotopic (exact) mass is 199 g/mol. The van der Waals surface area contributed by atoms with Crippen LogP contribution in [-0.2, 0) is 0 Å². The topological polar surface area (TPSA) is 40.7 Å². The molecular weight excluding hydrogens is 182 g/mol. The Bertz CT molecular complexity index is 211. The molecular formula is C9H17N3S. The summed E-state index contributed by atoms with van der Waals surface area (Å²) in [6, 6.07) is 0.622. The van der Waals surface area contributed by atoms with E-state index in [1.807, 2.05) is 13.2 Å². The Kier molecular flexibility index (Phi) is 4.93. The van der Waals surface area contributed by atoms with Crippen LogP contribution in [0.4, 0.5) is 0 Å². The molecule has 0 aromatic carbocycles. The standard InChI is InChI=1S/C9H17N3S/c1-8(10-2)4-3-7-13-9-11-5-6-12-9/h5-6,8,10H,3-4,7H2,1-2H3,(H,11,12). The average Bonchev–Trinajstić information content (AvgIpc) is 2.64. The van der Waals surface area contributed by atoms with E-state index in [1.54, 1.807) is 18.0 Å². The Morgan fingerprint density at radius 2 is 2.54 bits per heavy atom. The van der Waals surface area contributed by atoms with Gasteiger partial charge in [0.2, 0.25) is 0 Å². The quantitative estimate of drug-likeness (QED) is 0.543. The fourth-order valence-electron chi connectivity index (χ4n) is 1.03. The Labute approximate surface area is 83.7 Å². The van der Waals surface area contributed by atoms with Gasteiger partial charge in [0.15, 0.2) is 5.16 Å². The van der Waals surface area contributed by atoms with Crippen molar-refractivity contribution in [2.45, 2.75) is 31.0 Å². The lowest BCUT2D eigenvalue weighted by molar-refractivity contribution is 0.559. The molecule has 0 saturated heterocycles. The molecule has 1 rings (SSSR count). The first-order valence-electron chi connectivity index (χ1n) is 4.62. The summed E-state index contributed by atoms with van der Waals surface area (Å²) < 4.78 is 0. The Balaban J connectivity index is 2.02. The highest BCUT2D eigenvalue weighted by Crippen LogP contribution is 2.13. The molecule has 0 bridgehead atoms. The molecule has 1 heterocycles. The van der Waals surface area contributed by atoms with Crippen LogP contribution in [0.15, 0.2) is 17.6 Å². The van der Waals surface area contributed by atoms with Crippen molar-refractivity contribution >= 4 is 11.8 Å². The molecule has 0 aliphatic carbocycles. The third kappa shape index (κ3) is 4.33. The second-order valence-electron chi connectivity index (χ2n) is 3.07. The SMILES string of the molecule is CNC(C)CCCSc1ncc[nH]1. The molecule has 2 N–H and O–H groups in total. The number of aromatic amines is 1. The van der Waals surface area contributed by atoms with Gasteiger partial charge >= 0.3 is 0 Å². The molecule has 13 heavy (non-hydrogen) atoms. The fourth-order valence-corrected chi connectivity index (χ4v) is 1.82. The van der Waals surface area contributed by atoms with Crippen LogP contribution < -0.4 is 5.32 Å². The number of hydrogen-bond donors (Lipinski definition) is 2. The van der Waals surface area contributed by atoms with Crippen molar-refractivity contribution in [1.82, 2.24) is 15.3 Å². The smallest absolute Gasteiger partial charge is 0.165 e. The molecule has 74 valence electrons. The van der Waals surface area contributed by atoms with Gasteiger partial charge in [-0.15, -0.1) is 0 Å². The highest BCUT2D eigenvalue weighted by Gasteiger charge is 1.99.